The first kappa shape index (κ1) is 16.6. The number of primary amides is 1. The van der Waals surface area contributed by atoms with E-state index in [9.17, 15) is 9.18 Å². The van der Waals surface area contributed by atoms with Crippen LogP contribution in [0.25, 0.3) is 21.8 Å². The highest BCUT2D eigenvalue weighted by Gasteiger charge is 2.18. The lowest BCUT2D eigenvalue weighted by Gasteiger charge is -2.10. The van der Waals surface area contributed by atoms with E-state index in [0.29, 0.717) is 11.1 Å². The van der Waals surface area contributed by atoms with E-state index < -0.39 is 11.7 Å². The quantitative estimate of drug-likeness (QED) is 0.554. The van der Waals surface area contributed by atoms with Gasteiger partial charge in [-0.3, -0.25) is 4.79 Å². The first-order chi connectivity index (χ1) is 12.5. The van der Waals surface area contributed by atoms with Gasteiger partial charge in [-0.15, -0.1) is 0 Å². The number of rotatable bonds is 3. The molecule has 0 saturated heterocycles. The number of nitrogens with two attached hydrogens (primary N) is 1. The average molecular weight is 366 g/mol. The summed E-state index contributed by atoms with van der Waals surface area (Å²) in [6, 6.07) is 17.4. The minimum Gasteiger partial charge on any atom is -0.366 e. The first-order valence-corrected chi connectivity index (χ1v) is 8.51. The molecule has 129 valence electrons. The molecule has 1 heterocycles. The number of carbonyl (C=O) groups is 1. The number of hydrogen-bond donors (Lipinski definition) is 1. The number of hydrogen-bond acceptors (Lipinski definition) is 1. The van der Waals surface area contributed by atoms with Gasteiger partial charge in [-0.25, -0.2) is 4.39 Å². The van der Waals surface area contributed by atoms with Crippen molar-refractivity contribution in [2.45, 2.75) is 13.5 Å². The summed E-state index contributed by atoms with van der Waals surface area (Å²) in [5.41, 5.74) is 9.16. The van der Waals surface area contributed by atoms with Crippen LogP contribution >= 0.6 is 11.6 Å². The van der Waals surface area contributed by atoms with Crippen LogP contribution in [0.1, 0.15) is 21.5 Å². The molecule has 2 N–H and O–H groups in total. The van der Waals surface area contributed by atoms with Gasteiger partial charge in [0, 0.05) is 21.9 Å². The van der Waals surface area contributed by atoms with Crippen LogP contribution in [0.15, 0.2) is 48.5 Å². The molecule has 0 aliphatic rings. The molecule has 0 saturated carbocycles. The van der Waals surface area contributed by atoms with Gasteiger partial charge in [-0.05, 0) is 42.8 Å². The molecular formula is C21H15ClFN2O. The van der Waals surface area contributed by atoms with Crippen molar-refractivity contribution in [1.82, 2.24) is 4.57 Å². The summed E-state index contributed by atoms with van der Waals surface area (Å²) < 4.78 is 16.4. The van der Waals surface area contributed by atoms with Gasteiger partial charge >= 0.3 is 0 Å². The molecule has 3 nitrogen and oxygen atoms in total. The Labute approximate surface area is 154 Å². The third-order valence-corrected chi connectivity index (χ3v) is 4.86. The molecule has 3 aromatic carbocycles. The molecule has 0 fully saturated rings. The van der Waals surface area contributed by atoms with E-state index in [1.54, 1.807) is 24.3 Å². The van der Waals surface area contributed by atoms with Gasteiger partial charge in [0.25, 0.3) is 0 Å². The number of amides is 1. The molecule has 0 bridgehead atoms. The van der Waals surface area contributed by atoms with Crippen LogP contribution in [0.4, 0.5) is 4.39 Å². The van der Waals surface area contributed by atoms with E-state index in [1.165, 1.54) is 6.07 Å². The zero-order valence-electron chi connectivity index (χ0n) is 14.0. The predicted octanol–water partition coefficient (Wildman–Crippen LogP) is 4.84. The largest absolute Gasteiger partial charge is 0.366 e. The molecule has 4 aromatic rings. The van der Waals surface area contributed by atoms with Crippen LogP contribution in [-0.2, 0) is 6.54 Å². The second-order valence-corrected chi connectivity index (χ2v) is 6.71. The summed E-state index contributed by atoms with van der Waals surface area (Å²) in [5.74, 6) is -0.940. The maximum atomic E-state index is 14.5. The van der Waals surface area contributed by atoms with Gasteiger partial charge < -0.3 is 10.3 Å². The second-order valence-electron chi connectivity index (χ2n) is 6.30. The van der Waals surface area contributed by atoms with Crippen LogP contribution < -0.4 is 5.73 Å². The standard InChI is InChI=1S/C21H15ClFN2O/c1-12-8-9-14-18(10-12)25(11-13-4-2-6-16(22)20(13)23)17-7-3-5-15(19(14)17)21(24)26/h2-8,10H,11H2,1H3,(H2,24,26). The Bertz CT molecular complexity index is 1180. The molecule has 0 aliphatic heterocycles. The number of benzene rings is 3. The Hall–Kier alpha value is -2.85. The number of aryl methyl sites for hydroxylation is 1. The van der Waals surface area contributed by atoms with E-state index >= 15 is 0 Å². The third kappa shape index (κ3) is 2.54. The van der Waals surface area contributed by atoms with E-state index in [0.717, 1.165) is 27.4 Å². The molecule has 0 atom stereocenters. The fraction of sp³-hybridized carbons (Fsp3) is 0.0952. The van der Waals surface area contributed by atoms with Crippen molar-refractivity contribution < 1.29 is 9.18 Å². The highest BCUT2D eigenvalue weighted by Crippen LogP contribution is 2.33. The average Bonchev–Trinajstić information content (AvgIpc) is 2.92. The molecule has 1 radical (unpaired) electrons. The van der Waals surface area contributed by atoms with Crippen LogP contribution in [0.5, 0.6) is 0 Å². The van der Waals surface area contributed by atoms with Gasteiger partial charge in [0.2, 0.25) is 5.91 Å². The molecule has 1 amide bonds. The van der Waals surface area contributed by atoms with E-state index in [-0.39, 0.29) is 11.6 Å². The Kier molecular flexibility index (Phi) is 3.93. The van der Waals surface area contributed by atoms with Crippen molar-refractivity contribution in [3.05, 3.63) is 82.1 Å². The zero-order valence-corrected chi connectivity index (χ0v) is 14.8. The molecule has 0 spiro atoms. The zero-order chi connectivity index (χ0) is 18.4. The molecule has 5 heteroatoms. The Morgan fingerprint density at radius 2 is 2.00 bits per heavy atom. The fourth-order valence-electron chi connectivity index (χ4n) is 3.38. The predicted molar refractivity (Wildman–Crippen MR) is 102 cm³/mol. The van der Waals surface area contributed by atoms with Crippen molar-refractivity contribution in [3.63, 3.8) is 0 Å². The number of nitrogens with zero attached hydrogens (tertiary/aromatic N) is 1. The summed E-state index contributed by atoms with van der Waals surface area (Å²) >= 11 is 5.93. The van der Waals surface area contributed by atoms with E-state index in [2.05, 4.69) is 6.07 Å². The van der Waals surface area contributed by atoms with Crippen molar-refractivity contribution in [2.24, 2.45) is 5.73 Å². The van der Waals surface area contributed by atoms with Crippen LogP contribution in [0.3, 0.4) is 0 Å². The number of fused-ring (bicyclic) bond motifs is 3. The van der Waals surface area contributed by atoms with Crippen LogP contribution in [0.2, 0.25) is 5.02 Å². The van der Waals surface area contributed by atoms with Crippen LogP contribution in [0, 0.1) is 18.8 Å². The highest BCUT2D eigenvalue weighted by atomic mass is 35.5. The summed E-state index contributed by atoms with van der Waals surface area (Å²) in [7, 11) is 0. The lowest BCUT2D eigenvalue weighted by atomic mass is 10.1. The number of halogens is 2. The molecule has 26 heavy (non-hydrogen) atoms. The second kappa shape index (κ2) is 6.15. The first-order valence-electron chi connectivity index (χ1n) is 8.13. The Morgan fingerprint density at radius 1 is 1.23 bits per heavy atom. The summed E-state index contributed by atoms with van der Waals surface area (Å²) in [6.45, 7) is 2.25. The topological polar surface area (TPSA) is 48.0 Å². The summed E-state index contributed by atoms with van der Waals surface area (Å²) in [6.07, 6.45) is 0. The molecular weight excluding hydrogens is 351 g/mol. The van der Waals surface area contributed by atoms with Gasteiger partial charge in [-0.1, -0.05) is 35.9 Å². The van der Waals surface area contributed by atoms with Crippen molar-refractivity contribution in [3.8, 4) is 0 Å². The minimum absolute atomic E-state index is 0.0869. The van der Waals surface area contributed by atoms with Gasteiger partial charge in [0.05, 0.1) is 22.6 Å². The van der Waals surface area contributed by atoms with Gasteiger partial charge in [0.1, 0.15) is 5.82 Å². The molecule has 0 unspecified atom stereocenters. The highest BCUT2D eigenvalue weighted by molar-refractivity contribution is 6.30. The molecule has 0 aliphatic carbocycles. The lowest BCUT2D eigenvalue weighted by Crippen LogP contribution is -2.11. The maximum Gasteiger partial charge on any atom is 0.249 e. The Morgan fingerprint density at radius 3 is 2.77 bits per heavy atom. The number of aromatic nitrogens is 1. The SMILES string of the molecule is Cc1c[c]c2c3c(C(N)=O)cccc3n(Cc3cccc(Cl)c3F)c2c1. The lowest BCUT2D eigenvalue weighted by molar-refractivity contribution is 0.100. The molecule has 4 rings (SSSR count). The van der Waals surface area contributed by atoms with E-state index in [4.69, 9.17) is 17.3 Å². The smallest absolute Gasteiger partial charge is 0.249 e. The van der Waals surface area contributed by atoms with Gasteiger partial charge in [0.15, 0.2) is 0 Å². The number of carbonyl (C=O) groups excluding carboxylic acids is 1. The van der Waals surface area contributed by atoms with Crippen LogP contribution in [-0.4, -0.2) is 10.5 Å². The summed E-state index contributed by atoms with van der Waals surface area (Å²) in [5, 5.41) is 1.61. The van der Waals surface area contributed by atoms with E-state index in [1.807, 2.05) is 29.7 Å². The Balaban J connectivity index is 2.07. The van der Waals surface area contributed by atoms with Crippen molar-refractivity contribution in [1.29, 1.82) is 0 Å². The fourth-order valence-corrected chi connectivity index (χ4v) is 3.57. The monoisotopic (exact) mass is 365 g/mol. The third-order valence-electron chi connectivity index (χ3n) is 4.56. The van der Waals surface area contributed by atoms with Crippen molar-refractivity contribution in [2.75, 3.05) is 0 Å². The minimum atomic E-state index is -0.502. The normalized spacial score (nSPS) is 11.3. The molecule has 1 aromatic heterocycles. The van der Waals surface area contributed by atoms with Gasteiger partial charge in [-0.2, -0.15) is 0 Å². The van der Waals surface area contributed by atoms with Crippen molar-refractivity contribution >= 4 is 39.3 Å². The maximum absolute atomic E-state index is 14.5. The summed E-state index contributed by atoms with van der Waals surface area (Å²) in [4.78, 5) is 11.9.